The van der Waals surface area contributed by atoms with Crippen LogP contribution in [0.1, 0.15) is 25.0 Å². The van der Waals surface area contributed by atoms with E-state index in [1.165, 1.54) is 11.8 Å². The van der Waals surface area contributed by atoms with Crippen molar-refractivity contribution < 1.29 is 9.53 Å². The number of nitrogens with zero attached hydrogens (tertiary/aromatic N) is 1. The Balaban J connectivity index is 2.29. The lowest BCUT2D eigenvalue weighted by molar-refractivity contribution is -0.125. The fourth-order valence-corrected chi connectivity index (χ4v) is 2.81. The first kappa shape index (κ1) is 18.9. The number of hydrogen-bond donors (Lipinski definition) is 1. The van der Waals surface area contributed by atoms with E-state index in [0.717, 1.165) is 22.0 Å². The van der Waals surface area contributed by atoms with E-state index < -0.39 is 11.0 Å². The Morgan fingerprint density at radius 2 is 2.20 bits per heavy atom. The van der Waals surface area contributed by atoms with E-state index in [-0.39, 0.29) is 5.91 Å². The van der Waals surface area contributed by atoms with Gasteiger partial charge in [0, 0.05) is 11.6 Å². The fourth-order valence-electron chi connectivity index (χ4n) is 2.33. The Morgan fingerprint density at radius 3 is 2.80 bits per heavy atom. The number of pyridine rings is 1. The molecule has 1 aromatic carbocycles. The predicted octanol–water partition coefficient (Wildman–Crippen LogP) is 3.78. The molecular weight excluding hydrogens is 332 g/mol. The first-order valence-electron chi connectivity index (χ1n) is 7.81. The van der Waals surface area contributed by atoms with Crippen molar-refractivity contribution in [2.24, 2.45) is 0 Å². The number of thioether (sulfide) groups is 1. The van der Waals surface area contributed by atoms with E-state index in [0.29, 0.717) is 5.75 Å². The van der Waals surface area contributed by atoms with E-state index in [2.05, 4.69) is 22.8 Å². The Kier molecular flexibility index (Phi) is 5.76. The fraction of sp³-hybridized carbons (Fsp3) is 0.300. The average molecular weight is 354 g/mol. The molecule has 0 aliphatic carbocycles. The largest absolute Gasteiger partial charge is 0.470 e. The topological polar surface area (TPSA) is 51.2 Å². The molecule has 0 saturated carbocycles. The minimum absolute atomic E-state index is 0.258. The number of benzene rings is 1. The zero-order valence-corrected chi connectivity index (χ0v) is 15.7. The summed E-state index contributed by atoms with van der Waals surface area (Å²) in [5.74, 6) is 2.90. The highest BCUT2D eigenvalue weighted by atomic mass is 32.2. The van der Waals surface area contributed by atoms with Crippen LogP contribution in [0.25, 0.3) is 17.0 Å². The second-order valence-electron chi connectivity index (χ2n) is 6.23. The van der Waals surface area contributed by atoms with E-state index in [1.54, 1.807) is 26.1 Å². The molecule has 130 valence electrons. The quantitative estimate of drug-likeness (QED) is 0.633. The highest BCUT2D eigenvalue weighted by molar-refractivity contribution is 7.99. The predicted molar refractivity (Wildman–Crippen MR) is 106 cm³/mol. The normalized spacial score (nSPS) is 12.3. The molecular formula is C20H22N2O2S. The van der Waals surface area contributed by atoms with Crippen molar-refractivity contribution in [2.75, 3.05) is 6.26 Å². The van der Waals surface area contributed by atoms with Gasteiger partial charge in [-0.25, -0.2) is 0 Å². The lowest BCUT2D eigenvalue weighted by Gasteiger charge is -2.24. The first-order valence-corrected chi connectivity index (χ1v) is 9.10. The Hall–Kier alpha value is -2.45. The molecule has 0 aliphatic rings. The molecule has 0 fully saturated rings. The number of fused-ring (bicyclic) bond motifs is 1. The third-order valence-electron chi connectivity index (χ3n) is 3.67. The van der Waals surface area contributed by atoms with Crippen LogP contribution in [0.3, 0.4) is 0 Å². The van der Waals surface area contributed by atoms with Gasteiger partial charge in [0.05, 0.1) is 11.1 Å². The molecule has 25 heavy (non-hydrogen) atoms. The van der Waals surface area contributed by atoms with Crippen molar-refractivity contribution in [2.45, 2.75) is 31.7 Å². The summed E-state index contributed by atoms with van der Waals surface area (Å²) in [5.41, 5.74) is 1.39. The number of carbonyl (C=O) groups is 1. The van der Waals surface area contributed by atoms with Crippen LogP contribution in [-0.2, 0) is 4.79 Å². The molecule has 0 aliphatic heterocycles. The third kappa shape index (κ3) is 4.55. The van der Waals surface area contributed by atoms with Gasteiger partial charge in [-0.2, -0.15) is 0 Å². The van der Waals surface area contributed by atoms with Crippen LogP contribution in [-0.4, -0.2) is 28.1 Å². The van der Waals surface area contributed by atoms with Crippen LogP contribution < -0.4 is 10.1 Å². The smallest absolute Gasteiger partial charge is 0.272 e. The minimum Gasteiger partial charge on any atom is -0.470 e. The van der Waals surface area contributed by atoms with Crippen LogP contribution in [0.4, 0.5) is 0 Å². The molecule has 5 heteroatoms. The first-order chi connectivity index (χ1) is 11.8. The minimum atomic E-state index is -0.726. The van der Waals surface area contributed by atoms with Gasteiger partial charge in [-0.1, -0.05) is 18.6 Å². The van der Waals surface area contributed by atoms with Crippen molar-refractivity contribution in [1.82, 2.24) is 10.3 Å². The van der Waals surface area contributed by atoms with Gasteiger partial charge < -0.3 is 10.1 Å². The van der Waals surface area contributed by atoms with E-state index in [1.807, 2.05) is 31.4 Å². The van der Waals surface area contributed by atoms with Crippen LogP contribution in [0.15, 0.2) is 31.0 Å². The maximum absolute atomic E-state index is 12.4. The van der Waals surface area contributed by atoms with Gasteiger partial charge in [-0.15, -0.1) is 18.2 Å². The molecule has 1 amide bonds. The molecule has 2 aromatic rings. The molecule has 0 bridgehead atoms. The summed E-state index contributed by atoms with van der Waals surface area (Å²) in [6, 6.07) is 5.75. The number of aromatic nitrogens is 1. The molecule has 1 aromatic heterocycles. The lowest BCUT2D eigenvalue weighted by atomic mass is 10.1. The molecule has 4 nitrogen and oxygen atoms in total. The summed E-state index contributed by atoms with van der Waals surface area (Å²) < 4.78 is 5.91. The van der Waals surface area contributed by atoms with Gasteiger partial charge in [-0.05, 0) is 56.4 Å². The number of rotatable bonds is 6. The highest BCUT2D eigenvalue weighted by Crippen LogP contribution is 2.26. The number of nitrogens with one attached hydrogen (secondary N) is 1. The maximum Gasteiger partial charge on any atom is 0.272 e. The molecule has 1 N–H and O–H groups in total. The Labute approximate surface area is 153 Å². The Bertz CT molecular complexity index is 853. The van der Waals surface area contributed by atoms with Crippen LogP contribution >= 0.6 is 11.8 Å². The van der Waals surface area contributed by atoms with Crippen LogP contribution in [0.5, 0.6) is 5.75 Å². The lowest BCUT2D eigenvalue weighted by Crippen LogP contribution is -2.47. The molecule has 1 atom stereocenters. The van der Waals surface area contributed by atoms with Crippen LogP contribution in [0.2, 0.25) is 0 Å². The molecule has 1 heterocycles. The van der Waals surface area contributed by atoms with Crippen molar-refractivity contribution in [3.8, 4) is 18.1 Å². The van der Waals surface area contributed by atoms with E-state index in [9.17, 15) is 4.79 Å². The number of hydrogen-bond acceptors (Lipinski definition) is 4. The summed E-state index contributed by atoms with van der Waals surface area (Å²) in [4.78, 5) is 16.9. The molecule has 0 radical (unpaired) electrons. The molecule has 0 saturated heterocycles. The van der Waals surface area contributed by atoms with Gasteiger partial charge in [0.15, 0.2) is 0 Å². The summed E-state index contributed by atoms with van der Waals surface area (Å²) in [5, 5.41) is 3.74. The zero-order valence-electron chi connectivity index (χ0n) is 14.9. The number of ether oxygens (including phenoxy) is 1. The number of terminal acetylenes is 1. The van der Waals surface area contributed by atoms with Crippen molar-refractivity contribution in [3.63, 3.8) is 0 Å². The monoisotopic (exact) mass is 354 g/mol. The van der Waals surface area contributed by atoms with Gasteiger partial charge in [0.2, 0.25) is 5.44 Å². The average Bonchev–Trinajstić information content (AvgIpc) is 2.58. The summed E-state index contributed by atoms with van der Waals surface area (Å²) in [7, 11) is 0. The SMILES string of the molecule is C#CC(C)(C)NC(=O)C(Oc1cc(C)c2ncc(C=C)cc2c1)SC. The third-order valence-corrected chi connectivity index (χ3v) is 4.41. The Morgan fingerprint density at radius 1 is 1.48 bits per heavy atom. The molecule has 1 unspecified atom stereocenters. The number of aryl methyl sites for hydroxylation is 1. The standard InChI is InChI=1S/C20H22N2O2S/c1-7-14-10-15-11-16(9-13(3)17(15)21-12-14)24-19(25-6)18(23)22-20(4,5)8-2/h2,7,9-12,19H,1H2,3-6H3,(H,22,23). The van der Waals surface area contributed by atoms with Crippen molar-refractivity contribution in [1.29, 1.82) is 0 Å². The highest BCUT2D eigenvalue weighted by Gasteiger charge is 2.25. The number of amides is 1. The summed E-state index contributed by atoms with van der Waals surface area (Å²) >= 11 is 1.31. The van der Waals surface area contributed by atoms with Gasteiger partial charge >= 0.3 is 0 Å². The van der Waals surface area contributed by atoms with Gasteiger partial charge in [-0.3, -0.25) is 9.78 Å². The van der Waals surface area contributed by atoms with Crippen molar-refractivity contribution in [3.05, 3.63) is 42.1 Å². The number of carbonyl (C=O) groups excluding carboxylic acids is 1. The zero-order chi connectivity index (χ0) is 18.6. The summed E-state index contributed by atoms with van der Waals surface area (Å²) in [6.45, 7) is 9.27. The maximum atomic E-state index is 12.4. The van der Waals surface area contributed by atoms with E-state index in [4.69, 9.17) is 11.2 Å². The second kappa shape index (κ2) is 7.62. The molecule has 2 rings (SSSR count). The van der Waals surface area contributed by atoms with Gasteiger partial charge in [0.25, 0.3) is 5.91 Å². The summed E-state index contributed by atoms with van der Waals surface area (Å²) in [6.07, 6.45) is 10.8. The van der Waals surface area contributed by atoms with E-state index >= 15 is 0 Å². The molecule has 0 spiro atoms. The van der Waals surface area contributed by atoms with Crippen LogP contribution in [0, 0.1) is 19.3 Å². The van der Waals surface area contributed by atoms with Gasteiger partial charge in [0.1, 0.15) is 5.75 Å². The van der Waals surface area contributed by atoms with Crippen molar-refractivity contribution >= 4 is 34.6 Å². The second-order valence-corrected chi connectivity index (χ2v) is 7.13.